The molecule has 0 saturated carbocycles. The summed E-state index contributed by atoms with van der Waals surface area (Å²) in [6, 6.07) is 5.81. The Labute approximate surface area is 86.2 Å². The first-order chi connectivity index (χ1) is 6.72. The van der Waals surface area contributed by atoms with Crippen LogP contribution in [0.25, 0.3) is 10.9 Å². The molecule has 74 valence electrons. The molecule has 0 fully saturated rings. The average Bonchev–Trinajstić information content (AvgIpc) is 2.43. The third-order valence-corrected chi connectivity index (χ3v) is 2.40. The maximum absolute atomic E-state index is 5.95. The van der Waals surface area contributed by atoms with Crippen molar-refractivity contribution in [3.05, 3.63) is 28.9 Å². The first-order valence-corrected chi connectivity index (χ1v) is 4.53. The van der Waals surface area contributed by atoms with Crippen molar-refractivity contribution >= 4 is 22.5 Å². The number of hydrogen-bond donors (Lipinski definition) is 1. The van der Waals surface area contributed by atoms with E-state index in [0.29, 0.717) is 11.8 Å². The van der Waals surface area contributed by atoms with E-state index >= 15 is 0 Å². The molecule has 2 N–H and O–H groups in total. The van der Waals surface area contributed by atoms with Crippen LogP contribution in [0.1, 0.15) is 5.56 Å². The highest BCUT2D eigenvalue weighted by molar-refractivity contribution is 6.34. The number of aromatic nitrogens is 2. The zero-order valence-electron chi connectivity index (χ0n) is 7.70. The fraction of sp³-hybridized carbons (Fsp3) is 0.222. The molecule has 2 aromatic rings. The zero-order chi connectivity index (χ0) is 10.1. The van der Waals surface area contributed by atoms with Gasteiger partial charge in [-0.2, -0.15) is 5.10 Å². The molecule has 0 amide bonds. The second-order valence-corrected chi connectivity index (χ2v) is 3.43. The van der Waals surface area contributed by atoms with Crippen molar-refractivity contribution in [1.29, 1.82) is 0 Å². The Bertz CT molecular complexity index is 466. The van der Waals surface area contributed by atoms with Gasteiger partial charge in [0.25, 0.3) is 0 Å². The Kier molecular flexibility index (Phi) is 2.41. The van der Waals surface area contributed by atoms with Gasteiger partial charge in [-0.15, -0.1) is 0 Å². The minimum Gasteiger partial charge on any atom is -0.300 e. The summed E-state index contributed by atoms with van der Waals surface area (Å²) in [5.41, 5.74) is 1.98. The molecule has 0 radical (unpaired) electrons. The van der Waals surface area contributed by atoms with Crippen LogP contribution in [0.5, 0.6) is 0 Å². The molecule has 0 spiro atoms. The van der Waals surface area contributed by atoms with E-state index in [2.05, 4.69) is 9.94 Å². The van der Waals surface area contributed by atoms with Gasteiger partial charge in [-0.25, -0.2) is 5.90 Å². The Morgan fingerprint density at radius 2 is 2.36 bits per heavy atom. The number of hydrogen-bond acceptors (Lipinski definition) is 3. The van der Waals surface area contributed by atoms with Gasteiger partial charge in [-0.3, -0.25) is 9.52 Å². The van der Waals surface area contributed by atoms with Crippen LogP contribution in [0, 0.1) is 0 Å². The molecule has 0 aliphatic rings. The molecule has 4 nitrogen and oxygen atoms in total. The number of aryl methyl sites for hydroxylation is 1. The van der Waals surface area contributed by atoms with Gasteiger partial charge < -0.3 is 0 Å². The van der Waals surface area contributed by atoms with Crippen LogP contribution in [0.3, 0.4) is 0 Å². The lowest BCUT2D eigenvalue weighted by atomic mass is 10.2. The normalized spacial score (nSPS) is 11.1. The smallest absolute Gasteiger partial charge is 0.158 e. The van der Waals surface area contributed by atoms with Gasteiger partial charge in [-0.05, 0) is 17.7 Å². The van der Waals surface area contributed by atoms with Crippen LogP contribution >= 0.6 is 11.6 Å². The van der Waals surface area contributed by atoms with Crippen LogP contribution < -0.4 is 5.90 Å². The summed E-state index contributed by atoms with van der Waals surface area (Å²) in [4.78, 5) is 4.55. The number of fused-ring (bicyclic) bond motifs is 1. The van der Waals surface area contributed by atoms with E-state index in [1.165, 1.54) is 0 Å². The lowest BCUT2D eigenvalue weighted by Crippen LogP contribution is -1.98. The molecular weight excluding hydrogens is 202 g/mol. The van der Waals surface area contributed by atoms with Crippen LogP contribution in [0.4, 0.5) is 0 Å². The Balaban J connectivity index is 2.59. The number of rotatable bonds is 2. The third-order valence-electron chi connectivity index (χ3n) is 2.12. The number of nitrogens with two attached hydrogens (primary N) is 1. The maximum Gasteiger partial charge on any atom is 0.158 e. The number of nitrogens with zero attached hydrogens (tertiary/aromatic N) is 2. The van der Waals surface area contributed by atoms with Gasteiger partial charge in [0.05, 0.1) is 12.1 Å². The van der Waals surface area contributed by atoms with Gasteiger partial charge in [0.15, 0.2) is 5.15 Å². The van der Waals surface area contributed by atoms with Crippen LogP contribution in [0.15, 0.2) is 18.2 Å². The Morgan fingerprint density at radius 1 is 1.57 bits per heavy atom. The molecule has 0 saturated heterocycles. The fourth-order valence-electron chi connectivity index (χ4n) is 1.46. The van der Waals surface area contributed by atoms with Crippen molar-refractivity contribution in [2.75, 3.05) is 0 Å². The van der Waals surface area contributed by atoms with Crippen LogP contribution in [-0.2, 0) is 18.5 Å². The van der Waals surface area contributed by atoms with Crippen molar-refractivity contribution < 1.29 is 4.84 Å². The van der Waals surface area contributed by atoms with Gasteiger partial charge in [-0.1, -0.05) is 17.7 Å². The predicted molar refractivity (Wildman–Crippen MR) is 54.7 cm³/mol. The first-order valence-electron chi connectivity index (χ1n) is 4.15. The van der Waals surface area contributed by atoms with Crippen molar-refractivity contribution in [3.63, 3.8) is 0 Å². The van der Waals surface area contributed by atoms with Gasteiger partial charge in [0.1, 0.15) is 0 Å². The van der Waals surface area contributed by atoms with Crippen molar-refractivity contribution in [2.24, 2.45) is 12.9 Å². The predicted octanol–water partition coefficient (Wildman–Crippen LogP) is 1.62. The molecule has 0 unspecified atom stereocenters. The largest absolute Gasteiger partial charge is 0.300 e. The monoisotopic (exact) mass is 211 g/mol. The van der Waals surface area contributed by atoms with Crippen molar-refractivity contribution in [2.45, 2.75) is 6.61 Å². The van der Waals surface area contributed by atoms with Crippen molar-refractivity contribution in [1.82, 2.24) is 9.78 Å². The molecule has 0 bridgehead atoms. The maximum atomic E-state index is 5.95. The summed E-state index contributed by atoms with van der Waals surface area (Å²) in [5.74, 6) is 4.99. The van der Waals surface area contributed by atoms with E-state index in [4.69, 9.17) is 17.5 Å². The number of halogens is 1. The highest BCUT2D eigenvalue weighted by atomic mass is 35.5. The summed E-state index contributed by atoms with van der Waals surface area (Å²) in [7, 11) is 1.85. The second-order valence-electron chi connectivity index (χ2n) is 3.08. The Hall–Kier alpha value is -1.10. The quantitative estimate of drug-likeness (QED) is 0.768. The molecule has 14 heavy (non-hydrogen) atoms. The zero-order valence-corrected chi connectivity index (χ0v) is 8.45. The van der Waals surface area contributed by atoms with E-state index in [9.17, 15) is 0 Å². The highest BCUT2D eigenvalue weighted by Gasteiger charge is 2.06. The third kappa shape index (κ3) is 1.48. The molecule has 1 heterocycles. The van der Waals surface area contributed by atoms with Gasteiger partial charge in [0, 0.05) is 12.4 Å². The number of benzene rings is 1. The molecule has 1 aromatic carbocycles. The summed E-state index contributed by atoms with van der Waals surface area (Å²) in [5, 5.41) is 5.52. The topological polar surface area (TPSA) is 53.1 Å². The molecular formula is C9H10ClN3O. The summed E-state index contributed by atoms with van der Waals surface area (Å²) in [6.45, 7) is 0.376. The van der Waals surface area contributed by atoms with E-state index < -0.39 is 0 Å². The van der Waals surface area contributed by atoms with E-state index in [0.717, 1.165) is 16.5 Å². The molecule has 0 aliphatic carbocycles. The standard InChI is InChI=1S/C9H10ClN3O/c1-13-8-3-2-6(5-14-11)4-7(8)9(10)12-13/h2-4H,5,11H2,1H3. The minimum atomic E-state index is 0.376. The summed E-state index contributed by atoms with van der Waals surface area (Å²) >= 11 is 5.95. The van der Waals surface area contributed by atoms with E-state index in [1.807, 2.05) is 25.2 Å². The molecule has 1 aromatic heterocycles. The minimum absolute atomic E-state index is 0.376. The van der Waals surface area contributed by atoms with E-state index in [1.54, 1.807) is 4.68 Å². The highest BCUT2D eigenvalue weighted by Crippen LogP contribution is 2.23. The molecule has 0 aliphatic heterocycles. The molecule has 2 rings (SSSR count). The first kappa shape index (κ1) is 9.45. The molecule has 0 atom stereocenters. The van der Waals surface area contributed by atoms with E-state index in [-0.39, 0.29) is 0 Å². The average molecular weight is 212 g/mol. The Morgan fingerprint density at radius 3 is 3.07 bits per heavy atom. The van der Waals surface area contributed by atoms with Crippen LogP contribution in [-0.4, -0.2) is 9.78 Å². The SMILES string of the molecule is Cn1nc(Cl)c2cc(CON)ccc21. The van der Waals surface area contributed by atoms with Crippen LogP contribution in [0.2, 0.25) is 5.15 Å². The van der Waals surface area contributed by atoms with Gasteiger partial charge in [0.2, 0.25) is 0 Å². The lowest BCUT2D eigenvalue weighted by molar-refractivity contribution is 0.124. The summed E-state index contributed by atoms with van der Waals surface area (Å²) in [6.07, 6.45) is 0. The van der Waals surface area contributed by atoms with Crippen molar-refractivity contribution in [3.8, 4) is 0 Å². The lowest BCUT2D eigenvalue weighted by Gasteiger charge is -1.99. The second kappa shape index (κ2) is 3.57. The summed E-state index contributed by atoms with van der Waals surface area (Å²) < 4.78 is 1.74. The molecule has 5 heteroatoms. The van der Waals surface area contributed by atoms with Gasteiger partial charge >= 0.3 is 0 Å². The fourth-order valence-corrected chi connectivity index (χ4v) is 1.72.